The number of hydrogen-bond donors (Lipinski definition) is 2. The number of nitrogens with one attached hydrogen (secondary N) is 2. The minimum atomic E-state index is 0.456. The fourth-order valence-electron chi connectivity index (χ4n) is 2.14. The van der Waals surface area contributed by atoms with Crippen LogP contribution in [0.25, 0.3) is 0 Å². The van der Waals surface area contributed by atoms with Crippen LogP contribution in [0, 0.1) is 0 Å². The molecule has 1 aromatic heterocycles. The van der Waals surface area contributed by atoms with E-state index in [1.165, 1.54) is 12.8 Å². The second kappa shape index (κ2) is 7.21. The molecule has 0 bridgehead atoms. The first kappa shape index (κ1) is 13.1. The van der Waals surface area contributed by atoms with Crippen LogP contribution in [0.5, 0.6) is 0 Å². The van der Waals surface area contributed by atoms with E-state index in [0.29, 0.717) is 6.10 Å². The van der Waals surface area contributed by atoms with Crippen LogP contribution in [-0.2, 0) is 4.74 Å². The molecule has 1 atom stereocenters. The molecule has 4 heteroatoms. The Hall–Kier alpha value is -1.29. The van der Waals surface area contributed by atoms with Crippen molar-refractivity contribution >= 4 is 11.5 Å². The van der Waals surface area contributed by atoms with Gasteiger partial charge in [0.05, 0.1) is 6.10 Å². The Morgan fingerprint density at radius 1 is 1.39 bits per heavy atom. The van der Waals surface area contributed by atoms with Crippen LogP contribution in [0.15, 0.2) is 18.3 Å². The van der Waals surface area contributed by atoms with Crippen molar-refractivity contribution in [3.8, 4) is 0 Å². The summed E-state index contributed by atoms with van der Waals surface area (Å²) in [5, 5.41) is 6.72. The molecule has 0 aliphatic carbocycles. The first-order chi connectivity index (χ1) is 8.88. The standard InChI is InChI=1S/C14H23N3O/c1-2-7-16-14-11-12(5-8-17-14)15-9-6-13-4-3-10-18-13/h5,8,11,13H,2-4,6-7,9-10H2,1H3,(H2,15,16,17). The summed E-state index contributed by atoms with van der Waals surface area (Å²) in [7, 11) is 0. The van der Waals surface area contributed by atoms with Gasteiger partial charge in [-0.3, -0.25) is 0 Å². The fraction of sp³-hybridized carbons (Fsp3) is 0.643. The number of aromatic nitrogens is 1. The molecule has 1 aromatic rings. The van der Waals surface area contributed by atoms with Gasteiger partial charge in [0.15, 0.2) is 0 Å². The molecule has 0 saturated carbocycles. The highest BCUT2D eigenvalue weighted by molar-refractivity contribution is 5.51. The molecule has 2 N–H and O–H groups in total. The Labute approximate surface area is 109 Å². The van der Waals surface area contributed by atoms with Crippen molar-refractivity contribution in [2.24, 2.45) is 0 Å². The lowest BCUT2D eigenvalue weighted by Crippen LogP contribution is -2.12. The molecule has 1 aliphatic rings. The number of nitrogens with zero attached hydrogens (tertiary/aromatic N) is 1. The third-order valence-corrected chi connectivity index (χ3v) is 3.14. The Bertz CT molecular complexity index is 351. The highest BCUT2D eigenvalue weighted by Crippen LogP contribution is 2.16. The number of anilines is 2. The van der Waals surface area contributed by atoms with Gasteiger partial charge in [0.25, 0.3) is 0 Å². The van der Waals surface area contributed by atoms with Crippen molar-refractivity contribution in [2.75, 3.05) is 30.3 Å². The second-order valence-electron chi connectivity index (χ2n) is 4.71. The summed E-state index contributed by atoms with van der Waals surface area (Å²) in [5.41, 5.74) is 1.13. The van der Waals surface area contributed by atoms with Gasteiger partial charge < -0.3 is 15.4 Å². The summed E-state index contributed by atoms with van der Waals surface area (Å²) in [5.74, 6) is 0.943. The average molecular weight is 249 g/mol. The maximum atomic E-state index is 5.60. The maximum absolute atomic E-state index is 5.60. The lowest BCUT2D eigenvalue weighted by Gasteiger charge is -2.11. The van der Waals surface area contributed by atoms with E-state index < -0.39 is 0 Å². The molecular formula is C14H23N3O. The highest BCUT2D eigenvalue weighted by atomic mass is 16.5. The molecular weight excluding hydrogens is 226 g/mol. The Morgan fingerprint density at radius 2 is 2.33 bits per heavy atom. The van der Waals surface area contributed by atoms with E-state index >= 15 is 0 Å². The fourth-order valence-corrected chi connectivity index (χ4v) is 2.14. The highest BCUT2D eigenvalue weighted by Gasteiger charge is 2.14. The lowest BCUT2D eigenvalue weighted by atomic mass is 10.2. The second-order valence-corrected chi connectivity index (χ2v) is 4.71. The summed E-state index contributed by atoms with van der Waals surface area (Å²) >= 11 is 0. The van der Waals surface area contributed by atoms with Crippen LogP contribution in [-0.4, -0.2) is 30.8 Å². The minimum Gasteiger partial charge on any atom is -0.385 e. The van der Waals surface area contributed by atoms with Crippen molar-refractivity contribution < 1.29 is 4.74 Å². The van der Waals surface area contributed by atoms with Crippen LogP contribution in [0.4, 0.5) is 11.5 Å². The van der Waals surface area contributed by atoms with Crippen LogP contribution < -0.4 is 10.6 Å². The SMILES string of the molecule is CCCNc1cc(NCCC2CCCO2)ccn1. The molecule has 1 unspecified atom stereocenters. The van der Waals surface area contributed by atoms with Crippen LogP contribution >= 0.6 is 0 Å². The lowest BCUT2D eigenvalue weighted by molar-refractivity contribution is 0.107. The first-order valence-electron chi connectivity index (χ1n) is 6.94. The van der Waals surface area contributed by atoms with Gasteiger partial charge in [-0.05, 0) is 31.7 Å². The zero-order valence-corrected chi connectivity index (χ0v) is 11.1. The predicted molar refractivity (Wildman–Crippen MR) is 75.1 cm³/mol. The minimum absolute atomic E-state index is 0.456. The van der Waals surface area contributed by atoms with Crippen molar-refractivity contribution in [3.05, 3.63) is 18.3 Å². The Kier molecular flexibility index (Phi) is 5.27. The number of hydrogen-bond acceptors (Lipinski definition) is 4. The van der Waals surface area contributed by atoms with E-state index in [9.17, 15) is 0 Å². The van der Waals surface area contributed by atoms with Gasteiger partial charge in [-0.2, -0.15) is 0 Å². The summed E-state index contributed by atoms with van der Waals surface area (Å²) in [6.45, 7) is 5.01. The van der Waals surface area contributed by atoms with Gasteiger partial charge in [0.2, 0.25) is 0 Å². The van der Waals surface area contributed by atoms with E-state index in [1.807, 2.05) is 12.3 Å². The molecule has 0 aromatic carbocycles. The third-order valence-electron chi connectivity index (χ3n) is 3.14. The van der Waals surface area contributed by atoms with Crippen LogP contribution in [0.1, 0.15) is 32.6 Å². The van der Waals surface area contributed by atoms with E-state index in [2.05, 4.69) is 28.6 Å². The molecule has 2 rings (SSSR count). The smallest absolute Gasteiger partial charge is 0.127 e. The van der Waals surface area contributed by atoms with Gasteiger partial charge in [-0.15, -0.1) is 0 Å². The van der Waals surface area contributed by atoms with E-state index in [4.69, 9.17) is 4.74 Å². The molecule has 18 heavy (non-hydrogen) atoms. The average Bonchev–Trinajstić information content (AvgIpc) is 2.90. The van der Waals surface area contributed by atoms with Crippen molar-refractivity contribution in [3.63, 3.8) is 0 Å². The summed E-state index contributed by atoms with van der Waals surface area (Å²) in [4.78, 5) is 4.29. The molecule has 0 spiro atoms. The van der Waals surface area contributed by atoms with Gasteiger partial charge in [-0.1, -0.05) is 6.92 Å². The van der Waals surface area contributed by atoms with Gasteiger partial charge in [-0.25, -0.2) is 4.98 Å². The zero-order valence-electron chi connectivity index (χ0n) is 11.1. The van der Waals surface area contributed by atoms with E-state index in [-0.39, 0.29) is 0 Å². The third kappa shape index (κ3) is 4.18. The van der Waals surface area contributed by atoms with Crippen molar-refractivity contribution in [1.82, 2.24) is 4.98 Å². The summed E-state index contributed by atoms with van der Waals surface area (Å²) in [6, 6.07) is 4.07. The molecule has 1 saturated heterocycles. The van der Waals surface area contributed by atoms with Gasteiger partial charge in [0.1, 0.15) is 5.82 Å². The molecule has 1 fully saturated rings. The van der Waals surface area contributed by atoms with Crippen molar-refractivity contribution in [2.45, 2.75) is 38.7 Å². The van der Waals surface area contributed by atoms with Gasteiger partial charge >= 0.3 is 0 Å². The zero-order chi connectivity index (χ0) is 12.6. The van der Waals surface area contributed by atoms with Crippen LogP contribution in [0.3, 0.4) is 0 Å². The quantitative estimate of drug-likeness (QED) is 0.780. The molecule has 1 aliphatic heterocycles. The molecule has 0 radical (unpaired) electrons. The number of pyridine rings is 1. The van der Waals surface area contributed by atoms with Gasteiger partial charge in [0, 0.05) is 37.6 Å². The van der Waals surface area contributed by atoms with E-state index in [0.717, 1.165) is 44.0 Å². The van der Waals surface area contributed by atoms with E-state index in [1.54, 1.807) is 0 Å². The van der Waals surface area contributed by atoms with Crippen molar-refractivity contribution in [1.29, 1.82) is 0 Å². The first-order valence-corrected chi connectivity index (χ1v) is 6.94. The van der Waals surface area contributed by atoms with Crippen LogP contribution in [0.2, 0.25) is 0 Å². The Balaban J connectivity index is 1.74. The molecule has 4 nitrogen and oxygen atoms in total. The topological polar surface area (TPSA) is 46.2 Å². The Morgan fingerprint density at radius 3 is 3.11 bits per heavy atom. The predicted octanol–water partition coefficient (Wildman–Crippen LogP) is 2.88. The molecule has 0 amide bonds. The summed E-state index contributed by atoms with van der Waals surface area (Å²) in [6.07, 6.45) is 6.91. The normalized spacial score (nSPS) is 18.8. The summed E-state index contributed by atoms with van der Waals surface area (Å²) < 4.78 is 5.60. The largest absolute Gasteiger partial charge is 0.385 e. The maximum Gasteiger partial charge on any atom is 0.127 e. The number of ether oxygens (including phenoxy) is 1. The monoisotopic (exact) mass is 249 g/mol. The number of rotatable bonds is 7. The molecule has 100 valence electrons. The molecule has 2 heterocycles.